The van der Waals surface area contributed by atoms with Crippen molar-refractivity contribution in [2.45, 2.75) is 51.5 Å². The zero-order valence-corrected chi connectivity index (χ0v) is 17.2. The van der Waals surface area contributed by atoms with Gasteiger partial charge in [0.25, 0.3) is 0 Å². The molecule has 3 rings (SSSR count). The van der Waals surface area contributed by atoms with Crippen LogP contribution in [0.15, 0.2) is 24.3 Å². The van der Waals surface area contributed by atoms with Crippen molar-refractivity contribution in [2.75, 3.05) is 38.2 Å². The third-order valence-electron chi connectivity index (χ3n) is 6.00. The van der Waals surface area contributed by atoms with E-state index in [1.54, 1.807) is 7.11 Å². The predicted octanol–water partition coefficient (Wildman–Crippen LogP) is 2.82. The topological polar surface area (TPSA) is 61.9 Å². The minimum Gasteiger partial charge on any atom is -0.497 e. The van der Waals surface area contributed by atoms with Crippen LogP contribution in [0.3, 0.4) is 0 Å². The molecule has 2 aliphatic rings. The average Bonchev–Trinajstić information content (AvgIpc) is 2.72. The number of rotatable bonds is 6. The molecule has 0 radical (unpaired) electrons. The fraction of sp³-hybridized carbons (Fsp3) is 0.636. The molecule has 0 spiro atoms. The first-order chi connectivity index (χ1) is 13.6. The number of anilines is 1. The average molecular weight is 388 g/mol. The van der Waals surface area contributed by atoms with E-state index in [-0.39, 0.29) is 24.4 Å². The van der Waals surface area contributed by atoms with Crippen molar-refractivity contribution in [3.63, 3.8) is 0 Å². The van der Waals surface area contributed by atoms with E-state index >= 15 is 0 Å². The van der Waals surface area contributed by atoms with E-state index in [9.17, 15) is 9.59 Å². The van der Waals surface area contributed by atoms with Crippen LogP contribution in [0.25, 0.3) is 0 Å². The Bertz CT molecular complexity index is 673. The summed E-state index contributed by atoms with van der Waals surface area (Å²) < 4.78 is 5.32. The van der Waals surface area contributed by atoms with Gasteiger partial charge >= 0.3 is 0 Å². The van der Waals surface area contributed by atoms with Crippen LogP contribution in [0.2, 0.25) is 0 Å². The van der Waals surface area contributed by atoms with Gasteiger partial charge in [0, 0.05) is 43.9 Å². The molecule has 28 heavy (non-hydrogen) atoms. The molecule has 1 aromatic carbocycles. The van der Waals surface area contributed by atoms with E-state index in [1.165, 1.54) is 19.3 Å². The van der Waals surface area contributed by atoms with Gasteiger partial charge in [-0.05, 0) is 37.8 Å². The summed E-state index contributed by atoms with van der Waals surface area (Å²) in [5.74, 6) is 1.36. The Morgan fingerprint density at radius 1 is 1.18 bits per heavy atom. The van der Waals surface area contributed by atoms with Gasteiger partial charge in [0.2, 0.25) is 11.8 Å². The molecule has 1 saturated heterocycles. The molecule has 1 aromatic rings. The van der Waals surface area contributed by atoms with Gasteiger partial charge in [-0.25, -0.2) is 0 Å². The lowest BCUT2D eigenvalue weighted by Crippen LogP contribution is -2.55. The van der Waals surface area contributed by atoms with Gasteiger partial charge in [-0.2, -0.15) is 0 Å². The number of carbonyl (C=O) groups excluding carboxylic acids is 2. The number of nitrogens with one attached hydrogen (secondary N) is 1. The van der Waals surface area contributed by atoms with Crippen LogP contribution in [0.1, 0.15) is 45.4 Å². The number of piperazine rings is 1. The van der Waals surface area contributed by atoms with Crippen LogP contribution >= 0.6 is 0 Å². The van der Waals surface area contributed by atoms with Crippen LogP contribution in [0.5, 0.6) is 5.75 Å². The van der Waals surface area contributed by atoms with E-state index < -0.39 is 0 Å². The number of methoxy groups -OCH3 is 1. The molecule has 2 amide bonds. The Balaban J connectivity index is 1.45. The Morgan fingerprint density at radius 3 is 2.68 bits per heavy atom. The zero-order valence-electron chi connectivity index (χ0n) is 17.2. The molecule has 0 bridgehead atoms. The first-order valence-electron chi connectivity index (χ1n) is 10.5. The molecule has 2 fully saturated rings. The molecule has 1 saturated carbocycles. The van der Waals surface area contributed by atoms with Crippen LogP contribution in [-0.4, -0.2) is 56.0 Å². The zero-order chi connectivity index (χ0) is 19.9. The maximum atomic E-state index is 12.6. The Kier molecular flexibility index (Phi) is 7.18. The Hall–Kier alpha value is -2.24. The molecular formula is C22H33N3O3. The Labute approximate surface area is 168 Å². The predicted molar refractivity (Wildman–Crippen MR) is 111 cm³/mol. The third kappa shape index (κ3) is 5.40. The van der Waals surface area contributed by atoms with Crippen molar-refractivity contribution in [2.24, 2.45) is 5.92 Å². The van der Waals surface area contributed by atoms with Crippen molar-refractivity contribution in [3.05, 3.63) is 24.3 Å². The monoisotopic (exact) mass is 387 g/mol. The van der Waals surface area contributed by atoms with E-state index in [4.69, 9.17) is 4.74 Å². The second-order valence-corrected chi connectivity index (χ2v) is 8.07. The maximum absolute atomic E-state index is 12.6. The lowest BCUT2D eigenvalue weighted by atomic mass is 9.87. The van der Waals surface area contributed by atoms with Gasteiger partial charge in [0.05, 0.1) is 13.7 Å². The van der Waals surface area contributed by atoms with Gasteiger partial charge in [-0.3, -0.25) is 9.59 Å². The lowest BCUT2D eigenvalue weighted by molar-refractivity contribution is -0.133. The highest BCUT2D eigenvalue weighted by Gasteiger charge is 2.27. The third-order valence-corrected chi connectivity index (χ3v) is 6.00. The molecule has 1 atom stereocenters. The molecule has 154 valence electrons. The van der Waals surface area contributed by atoms with Crippen LogP contribution < -0.4 is 15.0 Å². The SMILES string of the molecule is COc1cccc(N2CCN(C(=O)CNC(=O)CC3CCCCC3)C[C@@H]2C)c1. The summed E-state index contributed by atoms with van der Waals surface area (Å²) in [6.07, 6.45) is 6.60. The molecule has 6 heteroatoms. The summed E-state index contributed by atoms with van der Waals surface area (Å²) in [5.41, 5.74) is 1.11. The molecule has 0 aromatic heterocycles. The van der Waals surface area contributed by atoms with Crippen molar-refractivity contribution < 1.29 is 14.3 Å². The van der Waals surface area contributed by atoms with Crippen molar-refractivity contribution in [1.29, 1.82) is 0 Å². The lowest BCUT2D eigenvalue weighted by Gasteiger charge is -2.41. The number of amides is 2. The molecule has 1 N–H and O–H groups in total. The summed E-state index contributed by atoms with van der Waals surface area (Å²) in [5, 5.41) is 2.84. The molecule has 6 nitrogen and oxygen atoms in total. The van der Waals surface area contributed by atoms with Gasteiger partial charge in [0.1, 0.15) is 5.75 Å². The highest BCUT2D eigenvalue weighted by atomic mass is 16.5. The smallest absolute Gasteiger partial charge is 0.242 e. The van der Waals surface area contributed by atoms with E-state index in [2.05, 4.69) is 23.2 Å². The summed E-state index contributed by atoms with van der Waals surface area (Å²) in [4.78, 5) is 28.9. The second kappa shape index (κ2) is 9.80. The summed E-state index contributed by atoms with van der Waals surface area (Å²) in [6.45, 7) is 4.33. The molecule has 1 aliphatic carbocycles. The van der Waals surface area contributed by atoms with E-state index in [0.717, 1.165) is 30.8 Å². The number of hydrogen-bond acceptors (Lipinski definition) is 4. The second-order valence-electron chi connectivity index (χ2n) is 8.07. The minimum atomic E-state index is 0.00846. The van der Waals surface area contributed by atoms with Crippen LogP contribution in [-0.2, 0) is 9.59 Å². The van der Waals surface area contributed by atoms with Crippen molar-refractivity contribution >= 4 is 17.5 Å². The standard InChI is InChI=1S/C22H33N3O3/c1-17-16-24(11-12-25(17)19-9-6-10-20(14-19)28-2)22(27)15-23-21(26)13-18-7-4-3-5-8-18/h6,9-10,14,17-18H,3-5,7-8,11-13,15-16H2,1-2H3,(H,23,26)/t17-/m0/s1. The normalized spacial score (nSPS) is 20.7. The Morgan fingerprint density at radius 2 is 1.96 bits per heavy atom. The highest BCUT2D eigenvalue weighted by molar-refractivity contribution is 5.85. The van der Waals surface area contributed by atoms with Crippen LogP contribution in [0, 0.1) is 5.92 Å². The maximum Gasteiger partial charge on any atom is 0.242 e. The number of nitrogens with zero attached hydrogens (tertiary/aromatic N) is 2. The number of ether oxygens (including phenoxy) is 1. The molecule has 1 aliphatic heterocycles. The molecule has 0 unspecified atom stereocenters. The van der Waals surface area contributed by atoms with Gasteiger partial charge < -0.3 is 19.9 Å². The molecule has 1 heterocycles. The first kappa shape index (κ1) is 20.5. The van der Waals surface area contributed by atoms with Gasteiger partial charge in [-0.1, -0.05) is 25.3 Å². The minimum absolute atomic E-state index is 0.00846. The first-order valence-corrected chi connectivity index (χ1v) is 10.5. The summed E-state index contributed by atoms with van der Waals surface area (Å²) >= 11 is 0. The van der Waals surface area contributed by atoms with Crippen LogP contribution in [0.4, 0.5) is 5.69 Å². The fourth-order valence-electron chi connectivity index (χ4n) is 4.37. The summed E-state index contributed by atoms with van der Waals surface area (Å²) in [7, 11) is 1.67. The highest BCUT2D eigenvalue weighted by Crippen LogP contribution is 2.26. The quantitative estimate of drug-likeness (QED) is 0.815. The number of benzene rings is 1. The largest absolute Gasteiger partial charge is 0.497 e. The van der Waals surface area contributed by atoms with Crippen molar-refractivity contribution in [3.8, 4) is 5.75 Å². The summed E-state index contributed by atoms with van der Waals surface area (Å²) in [6, 6.07) is 8.23. The number of hydrogen-bond donors (Lipinski definition) is 1. The van der Waals surface area contributed by atoms with Gasteiger partial charge in [0.15, 0.2) is 0 Å². The number of carbonyl (C=O) groups is 2. The van der Waals surface area contributed by atoms with Gasteiger partial charge in [-0.15, -0.1) is 0 Å². The van der Waals surface area contributed by atoms with E-state index in [0.29, 0.717) is 25.4 Å². The van der Waals surface area contributed by atoms with Crippen molar-refractivity contribution in [1.82, 2.24) is 10.2 Å². The van der Waals surface area contributed by atoms with E-state index in [1.807, 2.05) is 23.1 Å². The fourth-order valence-corrected chi connectivity index (χ4v) is 4.37. The molecular weight excluding hydrogens is 354 g/mol.